The number of fused-ring (bicyclic) bond motifs is 5. The fraction of sp³-hybridized carbons (Fsp3) is 1.00. The molecule has 30 heavy (non-hydrogen) atoms. The van der Waals surface area contributed by atoms with Crippen LogP contribution in [0.25, 0.3) is 0 Å². The van der Waals surface area contributed by atoms with Gasteiger partial charge in [-0.25, -0.2) is 0 Å². The predicted octanol–water partition coefficient (Wildman–Crippen LogP) is 6.19. The topological polar surface area (TPSA) is 38.7 Å². The highest BCUT2D eigenvalue weighted by atomic mass is 16.7. The van der Waals surface area contributed by atoms with Gasteiger partial charge in [0.25, 0.3) is 0 Å². The Morgan fingerprint density at radius 3 is 2.43 bits per heavy atom. The van der Waals surface area contributed by atoms with Gasteiger partial charge in [0.1, 0.15) is 0 Å². The molecular formula is C27H46O3. The Balaban J connectivity index is 1.37. The smallest absolute Gasteiger partial charge is 0.168 e. The zero-order chi connectivity index (χ0) is 21.1. The maximum Gasteiger partial charge on any atom is 0.168 e. The van der Waals surface area contributed by atoms with E-state index in [2.05, 4.69) is 27.7 Å². The molecule has 4 unspecified atom stereocenters. The average molecular weight is 419 g/mol. The zero-order valence-corrected chi connectivity index (χ0v) is 20.0. The lowest BCUT2D eigenvalue weighted by Crippen LogP contribution is -2.60. The Kier molecular flexibility index (Phi) is 5.60. The van der Waals surface area contributed by atoms with Crippen molar-refractivity contribution >= 4 is 0 Å². The standard InChI is InChI=1S/C27H46O3/c1-5-6-7-18(2)20-8-9-21-24-22(10-11-26(20,21)4)25(3)12-13-27(29-14-15-30-27)17-19(25)16-23(24)28/h18-24,28H,5-17H2,1-4H3/t18-,19+,20-,21?,22?,23?,24?,25+,26-/m1/s1. The fourth-order valence-corrected chi connectivity index (χ4v) is 9.63. The summed E-state index contributed by atoms with van der Waals surface area (Å²) in [6.45, 7) is 11.5. The molecule has 0 amide bonds. The van der Waals surface area contributed by atoms with Crippen LogP contribution in [0.5, 0.6) is 0 Å². The maximum atomic E-state index is 11.5. The van der Waals surface area contributed by atoms with E-state index in [1.54, 1.807) is 0 Å². The molecule has 1 spiro atoms. The summed E-state index contributed by atoms with van der Waals surface area (Å²) in [6.07, 6.45) is 13.6. The summed E-state index contributed by atoms with van der Waals surface area (Å²) in [5.41, 5.74) is 0.809. The van der Waals surface area contributed by atoms with Crippen LogP contribution in [-0.4, -0.2) is 30.2 Å². The lowest BCUT2D eigenvalue weighted by Gasteiger charge is -2.63. The molecule has 1 N–H and O–H groups in total. The molecule has 0 aromatic rings. The number of aliphatic hydroxyl groups is 1. The third-order valence-electron chi connectivity index (χ3n) is 11.3. The third kappa shape index (κ3) is 3.16. The molecule has 1 aliphatic heterocycles. The van der Waals surface area contributed by atoms with Crippen LogP contribution >= 0.6 is 0 Å². The van der Waals surface area contributed by atoms with Crippen molar-refractivity contribution in [1.29, 1.82) is 0 Å². The number of hydrogen-bond acceptors (Lipinski definition) is 3. The quantitative estimate of drug-likeness (QED) is 0.592. The van der Waals surface area contributed by atoms with E-state index in [1.165, 1.54) is 51.4 Å². The van der Waals surface area contributed by atoms with Crippen LogP contribution < -0.4 is 0 Å². The van der Waals surface area contributed by atoms with Gasteiger partial charge in [-0.3, -0.25) is 0 Å². The fourth-order valence-electron chi connectivity index (χ4n) is 9.63. The second-order valence-electron chi connectivity index (χ2n) is 12.5. The van der Waals surface area contributed by atoms with Gasteiger partial charge in [0, 0.05) is 12.8 Å². The zero-order valence-electron chi connectivity index (χ0n) is 20.0. The number of ether oxygens (including phenoxy) is 2. The SMILES string of the molecule is CCCC[C@@H](C)[C@H]1CCC2C3C(O)C[C@H]4CC5(CC[C@]4(C)C3CC[C@@]21C)OCCO5. The van der Waals surface area contributed by atoms with Crippen LogP contribution in [0.3, 0.4) is 0 Å². The highest BCUT2D eigenvalue weighted by Gasteiger charge is 2.64. The van der Waals surface area contributed by atoms with Crippen molar-refractivity contribution in [3.05, 3.63) is 0 Å². The van der Waals surface area contributed by atoms with Gasteiger partial charge in [0.2, 0.25) is 0 Å². The van der Waals surface area contributed by atoms with Crippen molar-refractivity contribution in [3.8, 4) is 0 Å². The van der Waals surface area contributed by atoms with Crippen molar-refractivity contribution < 1.29 is 14.6 Å². The molecule has 4 saturated carbocycles. The third-order valence-corrected chi connectivity index (χ3v) is 11.3. The maximum absolute atomic E-state index is 11.5. The lowest BCUT2D eigenvalue weighted by molar-refractivity contribution is -0.243. The number of hydrogen-bond donors (Lipinski definition) is 1. The lowest BCUT2D eigenvalue weighted by atomic mass is 9.43. The highest BCUT2D eigenvalue weighted by Crippen LogP contribution is 2.69. The predicted molar refractivity (Wildman–Crippen MR) is 120 cm³/mol. The Hall–Kier alpha value is -0.120. The minimum atomic E-state index is -0.326. The molecule has 3 nitrogen and oxygen atoms in total. The molecule has 5 aliphatic rings. The van der Waals surface area contributed by atoms with Crippen LogP contribution in [0.15, 0.2) is 0 Å². The van der Waals surface area contributed by atoms with E-state index in [-0.39, 0.29) is 11.9 Å². The van der Waals surface area contributed by atoms with Crippen molar-refractivity contribution in [2.45, 2.75) is 110 Å². The first-order valence-electron chi connectivity index (χ1n) is 13.3. The molecule has 1 saturated heterocycles. The molecular weight excluding hydrogens is 372 g/mol. The summed E-state index contributed by atoms with van der Waals surface area (Å²) in [5.74, 6) is 3.86. The Bertz CT molecular complexity index is 628. The molecule has 0 bridgehead atoms. The number of unbranched alkanes of at least 4 members (excludes halogenated alkanes) is 1. The largest absolute Gasteiger partial charge is 0.393 e. The number of aliphatic hydroxyl groups excluding tert-OH is 1. The average Bonchev–Trinajstić information content (AvgIpc) is 3.32. The van der Waals surface area contributed by atoms with Crippen molar-refractivity contribution in [2.24, 2.45) is 46.3 Å². The summed E-state index contributed by atoms with van der Waals surface area (Å²) in [7, 11) is 0. The van der Waals surface area contributed by atoms with Gasteiger partial charge in [-0.2, -0.15) is 0 Å². The van der Waals surface area contributed by atoms with Gasteiger partial charge in [0.15, 0.2) is 5.79 Å². The van der Waals surface area contributed by atoms with Crippen LogP contribution in [0.4, 0.5) is 0 Å². The van der Waals surface area contributed by atoms with Crippen LogP contribution in [0.2, 0.25) is 0 Å². The van der Waals surface area contributed by atoms with Crippen molar-refractivity contribution in [1.82, 2.24) is 0 Å². The van der Waals surface area contributed by atoms with E-state index in [4.69, 9.17) is 9.47 Å². The molecule has 3 heteroatoms. The van der Waals surface area contributed by atoms with E-state index in [0.717, 1.165) is 50.2 Å². The van der Waals surface area contributed by atoms with Gasteiger partial charge in [0.05, 0.1) is 19.3 Å². The highest BCUT2D eigenvalue weighted by molar-refractivity contribution is 5.12. The van der Waals surface area contributed by atoms with Gasteiger partial charge in [-0.15, -0.1) is 0 Å². The molecule has 0 radical (unpaired) electrons. The Morgan fingerprint density at radius 2 is 1.70 bits per heavy atom. The van der Waals surface area contributed by atoms with Crippen LogP contribution in [0.1, 0.15) is 98.3 Å². The molecule has 0 aromatic carbocycles. The molecule has 1 heterocycles. The summed E-state index contributed by atoms with van der Waals surface area (Å²) in [6, 6.07) is 0. The van der Waals surface area contributed by atoms with E-state index >= 15 is 0 Å². The van der Waals surface area contributed by atoms with Gasteiger partial charge in [-0.1, -0.05) is 47.0 Å². The van der Waals surface area contributed by atoms with Gasteiger partial charge >= 0.3 is 0 Å². The molecule has 5 fully saturated rings. The monoisotopic (exact) mass is 418 g/mol. The first kappa shape index (κ1) is 21.7. The summed E-state index contributed by atoms with van der Waals surface area (Å²) in [4.78, 5) is 0. The Morgan fingerprint density at radius 1 is 0.967 bits per heavy atom. The van der Waals surface area contributed by atoms with E-state index in [0.29, 0.717) is 28.6 Å². The summed E-state index contributed by atoms with van der Waals surface area (Å²) in [5, 5.41) is 11.5. The Labute approximate surface area is 184 Å². The second-order valence-corrected chi connectivity index (χ2v) is 12.5. The first-order chi connectivity index (χ1) is 14.3. The number of rotatable bonds is 4. The van der Waals surface area contributed by atoms with Crippen molar-refractivity contribution in [3.63, 3.8) is 0 Å². The first-order valence-corrected chi connectivity index (χ1v) is 13.3. The minimum absolute atomic E-state index is 0.126. The van der Waals surface area contributed by atoms with Crippen molar-refractivity contribution in [2.75, 3.05) is 13.2 Å². The van der Waals surface area contributed by atoms with Gasteiger partial charge < -0.3 is 14.6 Å². The van der Waals surface area contributed by atoms with E-state index in [1.807, 2.05) is 0 Å². The second kappa shape index (κ2) is 7.73. The molecule has 5 rings (SSSR count). The van der Waals surface area contributed by atoms with Gasteiger partial charge in [-0.05, 0) is 84.9 Å². The minimum Gasteiger partial charge on any atom is -0.393 e. The van der Waals surface area contributed by atoms with E-state index < -0.39 is 0 Å². The summed E-state index contributed by atoms with van der Waals surface area (Å²) >= 11 is 0. The van der Waals surface area contributed by atoms with E-state index in [9.17, 15) is 5.11 Å². The van der Waals surface area contributed by atoms with Crippen LogP contribution in [0, 0.1) is 46.3 Å². The molecule has 0 aromatic heterocycles. The molecule has 9 atom stereocenters. The summed E-state index contributed by atoms with van der Waals surface area (Å²) < 4.78 is 12.2. The normalized spacial score (nSPS) is 50.7. The van der Waals surface area contributed by atoms with Crippen LogP contribution in [-0.2, 0) is 9.47 Å². The molecule has 172 valence electrons. The molecule has 4 aliphatic carbocycles.